The van der Waals surface area contributed by atoms with E-state index in [2.05, 4.69) is 0 Å². The minimum Gasteiger partial charge on any atom is -0.507 e. The van der Waals surface area contributed by atoms with E-state index in [9.17, 15) is 19.1 Å². The van der Waals surface area contributed by atoms with Gasteiger partial charge in [-0.1, -0.05) is 61.0 Å². The number of rotatable bonds is 4. The number of aliphatic hydroxyl groups excluding tert-OH is 1. The highest BCUT2D eigenvalue weighted by Crippen LogP contribution is 2.42. The molecule has 1 saturated heterocycles. The molecule has 31 heavy (non-hydrogen) atoms. The Morgan fingerprint density at radius 1 is 1.03 bits per heavy atom. The average molecular weight is 436 g/mol. The lowest BCUT2D eigenvalue weighted by Gasteiger charge is -2.25. The topological polar surface area (TPSA) is 57.6 Å². The molecule has 0 radical (unpaired) electrons. The number of amides is 1. The summed E-state index contributed by atoms with van der Waals surface area (Å²) in [5.74, 6) is -2.33. The number of benzene rings is 3. The average Bonchev–Trinajstić information content (AvgIpc) is 3.04. The fourth-order valence-corrected chi connectivity index (χ4v) is 3.92. The number of ketones is 1. The van der Waals surface area contributed by atoms with Gasteiger partial charge in [-0.05, 0) is 47.9 Å². The van der Waals surface area contributed by atoms with Crippen LogP contribution in [0.1, 0.15) is 29.7 Å². The monoisotopic (exact) mass is 435 g/mol. The third kappa shape index (κ3) is 3.84. The van der Waals surface area contributed by atoms with Crippen LogP contribution in [-0.4, -0.2) is 16.8 Å². The Morgan fingerprint density at radius 2 is 1.71 bits per heavy atom. The van der Waals surface area contributed by atoms with Crippen LogP contribution in [-0.2, 0) is 16.0 Å². The Balaban J connectivity index is 1.92. The Bertz CT molecular complexity index is 1190. The highest BCUT2D eigenvalue weighted by atomic mass is 35.5. The van der Waals surface area contributed by atoms with Gasteiger partial charge in [-0.3, -0.25) is 14.5 Å². The van der Waals surface area contributed by atoms with Crippen LogP contribution >= 0.6 is 11.6 Å². The van der Waals surface area contributed by atoms with Crippen molar-refractivity contribution in [3.63, 3.8) is 0 Å². The van der Waals surface area contributed by atoms with Gasteiger partial charge in [0.1, 0.15) is 11.6 Å². The van der Waals surface area contributed by atoms with Crippen LogP contribution < -0.4 is 4.90 Å². The fourth-order valence-electron chi connectivity index (χ4n) is 3.74. The van der Waals surface area contributed by atoms with Gasteiger partial charge in [-0.25, -0.2) is 4.39 Å². The van der Waals surface area contributed by atoms with Crippen LogP contribution in [0.15, 0.2) is 78.4 Å². The summed E-state index contributed by atoms with van der Waals surface area (Å²) in [5.41, 5.74) is 2.34. The van der Waals surface area contributed by atoms with Gasteiger partial charge in [0.2, 0.25) is 0 Å². The normalized spacial score (nSPS) is 17.9. The molecule has 1 unspecified atom stereocenters. The molecule has 0 bridgehead atoms. The van der Waals surface area contributed by atoms with Gasteiger partial charge in [0.25, 0.3) is 11.7 Å². The number of hydrogen-bond acceptors (Lipinski definition) is 3. The molecule has 4 nitrogen and oxygen atoms in total. The maximum Gasteiger partial charge on any atom is 0.300 e. The largest absolute Gasteiger partial charge is 0.507 e. The molecule has 1 aliphatic rings. The molecule has 0 saturated carbocycles. The standard InChI is InChI=1S/C25H19ClFNO3/c1-2-15-6-8-17(9-7-15)23(29)21-22(16-10-12-19(27)13-11-16)28(25(31)24(21)30)20-5-3-4-18(26)14-20/h3-14,22,29H,2H2,1H3/b23-21+. The molecule has 1 atom stereocenters. The molecule has 1 fully saturated rings. The minimum atomic E-state index is -0.926. The number of aryl methyl sites for hydroxylation is 1. The van der Waals surface area contributed by atoms with Gasteiger partial charge in [0.15, 0.2) is 0 Å². The van der Waals surface area contributed by atoms with Crippen molar-refractivity contribution < 1.29 is 19.1 Å². The molecule has 0 aromatic heterocycles. The molecule has 1 aliphatic heterocycles. The molecule has 1 amide bonds. The van der Waals surface area contributed by atoms with E-state index < -0.39 is 23.5 Å². The van der Waals surface area contributed by atoms with Crippen molar-refractivity contribution in [3.05, 3.63) is 106 Å². The number of nitrogens with zero attached hydrogens (tertiary/aromatic N) is 1. The smallest absolute Gasteiger partial charge is 0.300 e. The molecular weight excluding hydrogens is 417 g/mol. The molecule has 4 rings (SSSR count). The van der Waals surface area contributed by atoms with E-state index >= 15 is 0 Å². The molecule has 3 aromatic rings. The second-order valence-electron chi connectivity index (χ2n) is 7.25. The fraction of sp³-hybridized carbons (Fsp3) is 0.120. The lowest BCUT2D eigenvalue weighted by molar-refractivity contribution is -0.132. The molecular formula is C25H19ClFNO3. The number of carbonyl (C=O) groups is 2. The van der Waals surface area contributed by atoms with E-state index in [4.69, 9.17) is 11.6 Å². The van der Waals surface area contributed by atoms with Gasteiger partial charge in [-0.15, -0.1) is 0 Å². The van der Waals surface area contributed by atoms with E-state index in [1.165, 1.54) is 29.2 Å². The third-order valence-electron chi connectivity index (χ3n) is 5.35. The second kappa shape index (κ2) is 8.36. The predicted molar refractivity (Wildman–Crippen MR) is 118 cm³/mol. The van der Waals surface area contributed by atoms with Crippen LogP contribution in [0, 0.1) is 5.82 Å². The molecule has 156 valence electrons. The lowest BCUT2D eigenvalue weighted by atomic mass is 9.94. The van der Waals surface area contributed by atoms with Gasteiger partial charge >= 0.3 is 0 Å². The van der Waals surface area contributed by atoms with Crippen LogP contribution in [0.3, 0.4) is 0 Å². The van der Waals surface area contributed by atoms with Crippen molar-refractivity contribution in [3.8, 4) is 0 Å². The number of anilines is 1. The molecule has 6 heteroatoms. The first kappa shape index (κ1) is 20.8. The predicted octanol–water partition coefficient (Wildman–Crippen LogP) is 5.67. The second-order valence-corrected chi connectivity index (χ2v) is 7.69. The van der Waals surface area contributed by atoms with E-state index in [0.29, 0.717) is 21.8 Å². The van der Waals surface area contributed by atoms with Crippen LogP contribution in [0.4, 0.5) is 10.1 Å². The summed E-state index contributed by atoms with van der Waals surface area (Å²) in [4.78, 5) is 27.4. The van der Waals surface area contributed by atoms with E-state index in [1.54, 1.807) is 36.4 Å². The molecule has 3 aromatic carbocycles. The minimum absolute atomic E-state index is 0.0548. The first-order chi connectivity index (χ1) is 14.9. The molecule has 0 aliphatic carbocycles. The van der Waals surface area contributed by atoms with Crippen LogP contribution in [0.2, 0.25) is 5.02 Å². The summed E-state index contributed by atoms with van der Waals surface area (Å²) in [6.07, 6.45) is 0.829. The zero-order chi connectivity index (χ0) is 22.1. The number of aliphatic hydroxyl groups is 1. The van der Waals surface area contributed by atoms with Crippen molar-refractivity contribution in [2.45, 2.75) is 19.4 Å². The third-order valence-corrected chi connectivity index (χ3v) is 5.59. The first-order valence-electron chi connectivity index (χ1n) is 9.82. The van der Waals surface area contributed by atoms with Crippen molar-refractivity contribution in [1.29, 1.82) is 0 Å². The van der Waals surface area contributed by atoms with E-state index in [-0.39, 0.29) is 11.3 Å². The Hall–Kier alpha value is -3.44. The van der Waals surface area contributed by atoms with Gasteiger partial charge in [0.05, 0.1) is 11.6 Å². The Labute approximate surface area is 184 Å². The molecule has 0 spiro atoms. The highest BCUT2D eigenvalue weighted by Gasteiger charge is 2.47. The summed E-state index contributed by atoms with van der Waals surface area (Å²) in [5, 5.41) is 11.5. The first-order valence-corrected chi connectivity index (χ1v) is 10.2. The van der Waals surface area contributed by atoms with Crippen molar-refractivity contribution in [2.75, 3.05) is 4.90 Å². The number of halogens is 2. The SMILES string of the molecule is CCc1ccc(/C(O)=C2\C(=O)C(=O)N(c3cccc(Cl)c3)C2c2ccc(F)cc2)cc1. The van der Waals surface area contributed by atoms with Crippen molar-refractivity contribution in [1.82, 2.24) is 0 Å². The number of Topliss-reactive ketones (excluding diaryl/α,β-unsaturated/α-hetero) is 1. The zero-order valence-corrected chi connectivity index (χ0v) is 17.4. The highest BCUT2D eigenvalue weighted by molar-refractivity contribution is 6.51. The van der Waals surface area contributed by atoms with Gasteiger partial charge in [0, 0.05) is 16.3 Å². The van der Waals surface area contributed by atoms with Crippen LogP contribution in [0.25, 0.3) is 5.76 Å². The summed E-state index contributed by atoms with van der Waals surface area (Å²) >= 11 is 6.11. The van der Waals surface area contributed by atoms with E-state index in [0.717, 1.165) is 12.0 Å². The van der Waals surface area contributed by atoms with E-state index in [1.807, 2.05) is 19.1 Å². The lowest BCUT2D eigenvalue weighted by Crippen LogP contribution is -2.29. The zero-order valence-electron chi connectivity index (χ0n) is 16.7. The Kier molecular flexibility index (Phi) is 5.61. The maximum absolute atomic E-state index is 13.6. The van der Waals surface area contributed by atoms with Gasteiger partial charge in [-0.2, -0.15) is 0 Å². The quantitative estimate of drug-likeness (QED) is 0.326. The van der Waals surface area contributed by atoms with Crippen LogP contribution in [0.5, 0.6) is 0 Å². The molecule has 1 heterocycles. The number of hydrogen-bond donors (Lipinski definition) is 1. The van der Waals surface area contributed by atoms with Gasteiger partial charge < -0.3 is 5.11 Å². The summed E-state index contributed by atoms with van der Waals surface area (Å²) in [6.45, 7) is 2.01. The van der Waals surface area contributed by atoms with Crippen molar-refractivity contribution >= 4 is 34.7 Å². The maximum atomic E-state index is 13.6. The summed E-state index contributed by atoms with van der Waals surface area (Å²) < 4.78 is 13.6. The summed E-state index contributed by atoms with van der Waals surface area (Å²) in [7, 11) is 0. The molecule has 1 N–H and O–H groups in total. The Morgan fingerprint density at radius 3 is 2.32 bits per heavy atom. The summed E-state index contributed by atoms with van der Waals surface area (Å²) in [6, 6.07) is 18.3. The number of carbonyl (C=O) groups excluding carboxylic acids is 2. The van der Waals surface area contributed by atoms with Crippen molar-refractivity contribution in [2.24, 2.45) is 0 Å².